The van der Waals surface area contributed by atoms with Crippen molar-refractivity contribution in [1.29, 1.82) is 0 Å². The van der Waals surface area contributed by atoms with Gasteiger partial charge >= 0.3 is 0 Å². The molecular formula is C31H34N4S. The zero-order chi connectivity index (χ0) is 25.4. The predicted octanol–water partition coefficient (Wildman–Crippen LogP) is 7.10. The maximum absolute atomic E-state index is 5.95. The summed E-state index contributed by atoms with van der Waals surface area (Å²) >= 11 is 5.95. The molecule has 0 bridgehead atoms. The van der Waals surface area contributed by atoms with Gasteiger partial charge in [0.1, 0.15) is 0 Å². The maximum Gasteiger partial charge on any atom is 0.174 e. The van der Waals surface area contributed by atoms with Crippen LogP contribution < -0.4 is 10.2 Å². The summed E-state index contributed by atoms with van der Waals surface area (Å²) < 4.78 is 2.43. The first-order valence-electron chi connectivity index (χ1n) is 12.8. The average Bonchev–Trinajstić information content (AvgIpc) is 3.39. The molecule has 0 radical (unpaired) electrons. The number of nitrogens with one attached hydrogen (secondary N) is 1. The van der Waals surface area contributed by atoms with E-state index in [4.69, 9.17) is 17.2 Å². The zero-order valence-electron chi connectivity index (χ0n) is 21.7. The van der Waals surface area contributed by atoms with Crippen LogP contribution in [0.2, 0.25) is 0 Å². The molecule has 3 heterocycles. The summed E-state index contributed by atoms with van der Waals surface area (Å²) in [6, 6.07) is 23.8. The molecule has 4 aromatic rings. The number of aryl methyl sites for hydroxylation is 4. The zero-order valence-corrected chi connectivity index (χ0v) is 22.6. The van der Waals surface area contributed by atoms with Crippen molar-refractivity contribution in [2.75, 3.05) is 4.90 Å². The van der Waals surface area contributed by atoms with Gasteiger partial charge in [0.15, 0.2) is 5.11 Å². The predicted molar refractivity (Wildman–Crippen MR) is 153 cm³/mol. The van der Waals surface area contributed by atoms with E-state index in [1.807, 2.05) is 18.3 Å². The lowest BCUT2D eigenvalue weighted by Crippen LogP contribution is -2.29. The largest absolute Gasteiger partial charge is 0.351 e. The van der Waals surface area contributed by atoms with Gasteiger partial charge in [0, 0.05) is 23.3 Å². The average molecular weight is 495 g/mol. The lowest BCUT2D eigenvalue weighted by Gasteiger charge is -2.28. The normalized spacial score (nSPS) is 17.5. The molecule has 0 aliphatic carbocycles. The van der Waals surface area contributed by atoms with Crippen LogP contribution in [0.5, 0.6) is 0 Å². The number of hydrogen-bond donors (Lipinski definition) is 1. The third-order valence-electron chi connectivity index (χ3n) is 7.44. The Bertz CT molecular complexity index is 1390. The van der Waals surface area contributed by atoms with Gasteiger partial charge in [-0.2, -0.15) is 0 Å². The Morgan fingerprint density at radius 2 is 1.69 bits per heavy atom. The summed E-state index contributed by atoms with van der Waals surface area (Å²) in [5.41, 5.74) is 11.1. The Labute approximate surface area is 220 Å². The minimum absolute atomic E-state index is 0.0195. The van der Waals surface area contributed by atoms with Gasteiger partial charge in [-0.05, 0) is 98.4 Å². The summed E-state index contributed by atoms with van der Waals surface area (Å²) in [4.78, 5) is 7.01. The number of anilines is 1. The van der Waals surface area contributed by atoms with Gasteiger partial charge in [-0.15, -0.1) is 0 Å². The Morgan fingerprint density at radius 3 is 2.36 bits per heavy atom. The van der Waals surface area contributed by atoms with Gasteiger partial charge in [-0.25, -0.2) is 0 Å². The van der Waals surface area contributed by atoms with E-state index in [1.54, 1.807) is 0 Å². The van der Waals surface area contributed by atoms with Crippen LogP contribution in [0.3, 0.4) is 0 Å². The van der Waals surface area contributed by atoms with Crippen LogP contribution >= 0.6 is 12.2 Å². The molecule has 5 heteroatoms. The molecule has 2 aromatic carbocycles. The molecule has 0 unspecified atom stereocenters. The number of aromatic nitrogens is 2. The van der Waals surface area contributed by atoms with Gasteiger partial charge in [-0.3, -0.25) is 4.98 Å². The minimum atomic E-state index is -0.0546. The second kappa shape index (κ2) is 9.90. The molecule has 36 heavy (non-hydrogen) atoms. The molecule has 5 rings (SSSR count). The molecule has 184 valence electrons. The molecule has 1 saturated heterocycles. The highest BCUT2D eigenvalue weighted by Gasteiger charge is 2.42. The smallest absolute Gasteiger partial charge is 0.174 e. The number of rotatable bonds is 6. The number of para-hydroxylation sites is 1. The van der Waals surface area contributed by atoms with Crippen LogP contribution in [0, 0.1) is 20.8 Å². The van der Waals surface area contributed by atoms with Gasteiger partial charge in [0.25, 0.3) is 0 Å². The Hall–Kier alpha value is -3.44. The molecule has 0 saturated carbocycles. The molecule has 2 atom stereocenters. The SMILES string of the molecule is CCc1ccc(N2C(=S)N[C@H](c3ccccn3)[C@@H]2c2cc(C)n(-c3c(C)cccc3CC)c2C)cc1. The fraction of sp³-hybridized carbons (Fsp3) is 0.290. The van der Waals surface area contributed by atoms with Crippen molar-refractivity contribution in [2.45, 2.75) is 59.5 Å². The molecular weight excluding hydrogens is 460 g/mol. The van der Waals surface area contributed by atoms with Gasteiger partial charge in [-0.1, -0.05) is 50.2 Å². The molecule has 1 fully saturated rings. The van der Waals surface area contributed by atoms with Gasteiger partial charge < -0.3 is 14.8 Å². The summed E-state index contributed by atoms with van der Waals surface area (Å²) in [6.07, 6.45) is 3.87. The summed E-state index contributed by atoms with van der Waals surface area (Å²) in [5, 5.41) is 4.34. The topological polar surface area (TPSA) is 33.1 Å². The van der Waals surface area contributed by atoms with E-state index < -0.39 is 0 Å². The first-order valence-corrected chi connectivity index (χ1v) is 13.2. The molecule has 2 aromatic heterocycles. The highest BCUT2D eigenvalue weighted by atomic mass is 32.1. The van der Waals surface area contributed by atoms with Crippen LogP contribution in [0.15, 0.2) is 72.9 Å². The third kappa shape index (κ3) is 4.11. The van der Waals surface area contributed by atoms with Crippen molar-refractivity contribution < 1.29 is 0 Å². The minimum Gasteiger partial charge on any atom is -0.351 e. The molecule has 1 aliphatic rings. The van der Waals surface area contributed by atoms with Crippen molar-refractivity contribution in [1.82, 2.24) is 14.9 Å². The lowest BCUT2D eigenvalue weighted by molar-refractivity contribution is 0.565. The van der Waals surface area contributed by atoms with Crippen LogP contribution in [-0.4, -0.2) is 14.7 Å². The quantitative estimate of drug-likeness (QED) is 0.290. The van der Waals surface area contributed by atoms with Crippen molar-refractivity contribution in [2.24, 2.45) is 0 Å². The standard InChI is InChI=1S/C31H34N4S/c1-6-23-14-16-25(17-15-23)35-30(28(33-31(35)36)27-13-8-9-18-32-27)26-19-21(4)34(22(26)5)29-20(3)11-10-12-24(29)7-2/h8-19,28,30H,6-7H2,1-5H3,(H,33,36)/t28-,30+/m1/s1. The van der Waals surface area contributed by atoms with E-state index in [1.165, 1.54) is 39.3 Å². The van der Waals surface area contributed by atoms with Crippen LogP contribution in [0.1, 0.15) is 65.3 Å². The van der Waals surface area contributed by atoms with E-state index in [9.17, 15) is 0 Å². The second-order valence-electron chi connectivity index (χ2n) is 9.61. The lowest BCUT2D eigenvalue weighted by atomic mass is 9.96. The number of nitrogens with zero attached hydrogens (tertiary/aromatic N) is 3. The van der Waals surface area contributed by atoms with Gasteiger partial charge in [0.05, 0.1) is 23.5 Å². The van der Waals surface area contributed by atoms with Crippen molar-refractivity contribution in [3.05, 3.63) is 112 Å². The Balaban J connectivity index is 1.70. The highest BCUT2D eigenvalue weighted by molar-refractivity contribution is 7.80. The Morgan fingerprint density at radius 1 is 0.917 bits per heavy atom. The van der Waals surface area contributed by atoms with Crippen molar-refractivity contribution >= 4 is 23.0 Å². The van der Waals surface area contributed by atoms with E-state index in [0.717, 1.165) is 29.3 Å². The van der Waals surface area contributed by atoms with Crippen LogP contribution in [-0.2, 0) is 12.8 Å². The van der Waals surface area contributed by atoms with Crippen LogP contribution in [0.25, 0.3) is 5.69 Å². The first kappa shape index (κ1) is 24.3. The fourth-order valence-electron chi connectivity index (χ4n) is 5.60. The maximum atomic E-state index is 5.95. The van der Waals surface area contributed by atoms with E-state index >= 15 is 0 Å². The summed E-state index contributed by atoms with van der Waals surface area (Å²) in [7, 11) is 0. The fourth-order valence-corrected chi connectivity index (χ4v) is 5.94. The summed E-state index contributed by atoms with van der Waals surface area (Å²) in [5.74, 6) is 0. The number of pyridine rings is 1. The highest BCUT2D eigenvalue weighted by Crippen LogP contribution is 2.44. The second-order valence-corrected chi connectivity index (χ2v) is 10.0. The van der Waals surface area contributed by atoms with Gasteiger partial charge in [0.2, 0.25) is 0 Å². The number of benzene rings is 2. The third-order valence-corrected chi connectivity index (χ3v) is 7.75. The van der Waals surface area contributed by atoms with E-state index in [-0.39, 0.29) is 12.1 Å². The van der Waals surface area contributed by atoms with Crippen molar-refractivity contribution in [3.63, 3.8) is 0 Å². The molecule has 1 N–H and O–H groups in total. The summed E-state index contributed by atoms with van der Waals surface area (Å²) in [6.45, 7) is 11.1. The molecule has 1 aliphatic heterocycles. The number of hydrogen-bond acceptors (Lipinski definition) is 2. The van der Waals surface area contributed by atoms with E-state index in [2.05, 4.69) is 104 Å². The molecule has 0 amide bonds. The van der Waals surface area contributed by atoms with E-state index in [0.29, 0.717) is 0 Å². The van der Waals surface area contributed by atoms with Crippen molar-refractivity contribution in [3.8, 4) is 5.69 Å². The number of thiocarbonyl (C=S) groups is 1. The first-order chi connectivity index (χ1) is 17.4. The molecule has 0 spiro atoms. The Kier molecular flexibility index (Phi) is 6.67. The molecule has 4 nitrogen and oxygen atoms in total. The monoisotopic (exact) mass is 494 g/mol. The van der Waals surface area contributed by atoms with Crippen LogP contribution in [0.4, 0.5) is 5.69 Å².